The summed E-state index contributed by atoms with van der Waals surface area (Å²) in [5.41, 5.74) is -3.30. The molecule has 0 aliphatic carbocycles. The van der Waals surface area contributed by atoms with Gasteiger partial charge in [0, 0.05) is 14.9 Å². The topological polar surface area (TPSA) is 41.1 Å². The molecule has 0 aliphatic rings. The quantitative estimate of drug-likeness (QED) is 0.409. The van der Waals surface area contributed by atoms with Crippen LogP contribution in [-0.2, 0) is 12.4 Å². The van der Waals surface area contributed by atoms with Gasteiger partial charge in [0.05, 0.1) is 11.1 Å². The van der Waals surface area contributed by atoms with E-state index in [4.69, 9.17) is 0 Å². The summed E-state index contributed by atoms with van der Waals surface area (Å²) in [5, 5.41) is 4.30. The van der Waals surface area contributed by atoms with Crippen LogP contribution in [0.2, 0.25) is 0 Å². The second-order valence-electron chi connectivity index (χ2n) is 4.88. The van der Waals surface area contributed by atoms with Gasteiger partial charge in [-0.2, -0.15) is 26.3 Å². The Bertz CT molecular complexity index is 739. The molecule has 2 aromatic carbocycles. The molecular formula is C15H9F6IN2O. The van der Waals surface area contributed by atoms with Crippen molar-refractivity contribution in [2.45, 2.75) is 12.4 Å². The molecule has 0 spiro atoms. The lowest BCUT2D eigenvalue weighted by molar-refractivity contribution is -0.143. The SMILES string of the molecule is O=C(Nc1ccc(I)cc1)Nc1cc(C(F)(F)F)cc(C(F)(F)F)c1. The first-order chi connectivity index (χ1) is 11.4. The minimum Gasteiger partial charge on any atom is -0.308 e. The van der Waals surface area contributed by atoms with Crippen LogP contribution in [0, 0.1) is 3.57 Å². The van der Waals surface area contributed by atoms with Crippen molar-refractivity contribution in [1.29, 1.82) is 0 Å². The lowest BCUT2D eigenvalue weighted by Gasteiger charge is -2.15. The van der Waals surface area contributed by atoms with E-state index in [1.807, 2.05) is 27.9 Å². The lowest BCUT2D eigenvalue weighted by atomic mass is 10.1. The van der Waals surface area contributed by atoms with Crippen molar-refractivity contribution < 1.29 is 31.1 Å². The molecule has 0 bridgehead atoms. The summed E-state index contributed by atoms with van der Waals surface area (Å²) in [5.74, 6) is 0. The average molecular weight is 474 g/mol. The van der Waals surface area contributed by atoms with Crippen molar-refractivity contribution in [3.8, 4) is 0 Å². The van der Waals surface area contributed by atoms with Crippen LogP contribution >= 0.6 is 22.6 Å². The Kier molecular flexibility index (Phi) is 5.49. The Hall–Kier alpha value is -1.98. The number of nitrogens with one attached hydrogen (secondary N) is 2. The van der Waals surface area contributed by atoms with E-state index in [2.05, 4.69) is 5.32 Å². The number of alkyl halides is 6. The molecule has 2 amide bonds. The molecule has 0 unspecified atom stereocenters. The molecule has 2 N–H and O–H groups in total. The number of carbonyl (C=O) groups is 1. The van der Waals surface area contributed by atoms with Gasteiger partial charge < -0.3 is 10.6 Å². The number of hydrogen-bond donors (Lipinski definition) is 2. The number of carbonyl (C=O) groups excluding carboxylic acids is 1. The standard InChI is InChI=1S/C15H9F6IN2O/c16-14(17,18)8-5-9(15(19,20)21)7-12(6-8)24-13(25)23-11-3-1-10(22)2-4-11/h1-7H,(H2,23,24,25). The number of halogens is 7. The highest BCUT2D eigenvalue weighted by Gasteiger charge is 2.37. The Balaban J connectivity index is 2.25. The molecule has 0 aromatic heterocycles. The molecule has 0 heterocycles. The van der Waals surface area contributed by atoms with E-state index in [-0.39, 0.29) is 6.07 Å². The molecule has 0 aliphatic heterocycles. The fourth-order valence-corrected chi connectivity index (χ4v) is 2.21. The molecule has 134 valence electrons. The molecule has 0 saturated heterocycles. The monoisotopic (exact) mass is 474 g/mol. The third kappa shape index (κ3) is 5.51. The normalized spacial score (nSPS) is 12.0. The van der Waals surface area contributed by atoms with Gasteiger partial charge in [0.1, 0.15) is 0 Å². The predicted molar refractivity (Wildman–Crippen MR) is 88.2 cm³/mol. The van der Waals surface area contributed by atoms with Gasteiger partial charge in [-0.3, -0.25) is 0 Å². The fourth-order valence-electron chi connectivity index (χ4n) is 1.85. The second-order valence-corrected chi connectivity index (χ2v) is 6.13. The van der Waals surface area contributed by atoms with Crippen LogP contribution in [0.1, 0.15) is 11.1 Å². The molecule has 0 saturated carbocycles. The highest BCUT2D eigenvalue weighted by Crippen LogP contribution is 2.37. The first-order valence-corrected chi connectivity index (χ1v) is 7.66. The van der Waals surface area contributed by atoms with Gasteiger partial charge in [0.25, 0.3) is 0 Å². The van der Waals surface area contributed by atoms with Crippen LogP contribution in [0.3, 0.4) is 0 Å². The number of hydrogen-bond acceptors (Lipinski definition) is 1. The Labute approximate surface area is 151 Å². The zero-order chi connectivity index (χ0) is 18.8. The minimum absolute atomic E-state index is 0.0117. The number of benzene rings is 2. The van der Waals surface area contributed by atoms with Gasteiger partial charge in [-0.05, 0) is 65.1 Å². The van der Waals surface area contributed by atoms with Gasteiger partial charge >= 0.3 is 18.4 Å². The van der Waals surface area contributed by atoms with E-state index in [9.17, 15) is 31.1 Å². The minimum atomic E-state index is -4.98. The second kappa shape index (κ2) is 7.10. The maximum absolute atomic E-state index is 12.8. The average Bonchev–Trinajstić information content (AvgIpc) is 2.47. The Morgan fingerprint density at radius 2 is 1.20 bits per heavy atom. The third-order valence-electron chi connectivity index (χ3n) is 2.95. The number of urea groups is 1. The van der Waals surface area contributed by atoms with E-state index in [1.165, 1.54) is 12.1 Å². The van der Waals surface area contributed by atoms with Crippen molar-refractivity contribution in [3.63, 3.8) is 0 Å². The van der Waals surface area contributed by atoms with Gasteiger partial charge in [-0.15, -0.1) is 0 Å². The van der Waals surface area contributed by atoms with Crippen LogP contribution in [-0.4, -0.2) is 6.03 Å². The molecular weight excluding hydrogens is 465 g/mol. The van der Waals surface area contributed by atoms with Gasteiger partial charge in [-0.25, -0.2) is 4.79 Å². The van der Waals surface area contributed by atoms with E-state index < -0.39 is 35.2 Å². The summed E-state index contributed by atoms with van der Waals surface area (Å²) in [6.45, 7) is 0. The van der Waals surface area contributed by atoms with E-state index in [0.29, 0.717) is 17.8 Å². The zero-order valence-corrected chi connectivity index (χ0v) is 14.3. The van der Waals surface area contributed by atoms with Crippen molar-refractivity contribution in [2.24, 2.45) is 0 Å². The largest absolute Gasteiger partial charge is 0.416 e. The molecule has 3 nitrogen and oxygen atoms in total. The van der Waals surface area contributed by atoms with Crippen LogP contribution in [0.5, 0.6) is 0 Å². The van der Waals surface area contributed by atoms with E-state index in [0.717, 1.165) is 3.57 Å². The highest BCUT2D eigenvalue weighted by atomic mass is 127. The summed E-state index contributed by atoms with van der Waals surface area (Å²) in [4.78, 5) is 11.8. The summed E-state index contributed by atoms with van der Waals surface area (Å²) in [6.07, 6.45) is -9.96. The summed E-state index contributed by atoms with van der Waals surface area (Å²) in [6, 6.07) is 6.30. The number of anilines is 2. The molecule has 10 heteroatoms. The fraction of sp³-hybridized carbons (Fsp3) is 0.133. The summed E-state index contributed by atoms with van der Waals surface area (Å²) in [7, 11) is 0. The number of rotatable bonds is 2. The third-order valence-corrected chi connectivity index (χ3v) is 3.67. The van der Waals surface area contributed by atoms with Gasteiger partial charge in [0.2, 0.25) is 0 Å². The van der Waals surface area contributed by atoms with E-state index in [1.54, 1.807) is 12.1 Å². The molecule has 0 radical (unpaired) electrons. The van der Waals surface area contributed by atoms with Gasteiger partial charge in [-0.1, -0.05) is 0 Å². The number of amides is 2. The molecule has 2 aromatic rings. The highest BCUT2D eigenvalue weighted by molar-refractivity contribution is 14.1. The summed E-state index contributed by atoms with van der Waals surface area (Å²) < 4.78 is 77.5. The Morgan fingerprint density at radius 3 is 1.64 bits per heavy atom. The molecule has 0 fully saturated rings. The predicted octanol–water partition coefficient (Wildman–Crippen LogP) is 5.97. The summed E-state index contributed by atoms with van der Waals surface area (Å²) >= 11 is 2.03. The van der Waals surface area contributed by atoms with Crippen LogP contribution in [0.4, 0.5) is 42.5 Å². The van der Waals surface area contributed by atoms with Crippen molar-refractivity contribution in [3.05, 3.63) is 57.2 Å². The smallest absolute Gasteiger partial charge is 0.308 e. The maximum atomic E-state index is 12.8. The molecule has 25 heavy (non-hydrogen) atoms. The maximum Gasteiger partial charge on any atom is 0.416 e. The molecule has 2 rings (SSSR count). The van der Waals surface area contributed by atoms with Crippen molar-refractivity contribution in [1.82, 2.24) is 0 Å². The van der Waals surface area contributed by atoms with E-state index >= 15 is 0 Å². The zero-order valence-electron chi connectivity index (χ0n) is 12.1. The van der Waals surface area contributed by atoms with Crippen molar-refractivity contribution in [2.75, 3.05) is 10.6 Å². The first kappa shape index (κ1) is 19.3. The van der Waals surface area contributed by atoms with Crippen molar-refractivity contribution >= 4 is 40.0 Å². The molecule has 0 atom stereocenters. The van der Waals surface area contributed by atoms with Crippen LogP contribution in [0.15, 0.2) is 42.5 Å². The lowest BCUT2D eigenvalue weighted by Crippen LogP contribution is -2.20. The van der Waals surface area contributed by atoms with Crippen LogP contribution in [0.25, 0.3) is 0 Å². The first-order valence-electron chi connectivity index (χ1n) is 6.58. The van der Waals surface area contributed by atoms with Crippen LogP contribution < -0.4 is 10.6 Å². The Morgan fingerprint density at radius 1 is 0.760 bits per heavy atom. The van der Waals surface area contributed by atoms with Gasteiger partial charge in [0.15, 0.2) is 0 Å².